The average molecular weight is 530 g/mol. The monoisotopic (exact) mass is 529 g/mol. The van der Waals surface area contributed by atoms with Crippen LogP contribution < -0.4 is 20.9 Å². The van der Waals surface area contributed by atoms with Crippen molar-refractivity contribution < 1.29 is 4.74 Å². The van der Waals surface area contributed by atoms with Crippen LogP contribution in [0.2, 0.25) is 0 Å². The molecule has 0 saturated heterocycles. The number of benzene rings is 4. The molecule has 4 aromatic carbocycles. The minimum absolute atomic E-state index is 0.190. The first kappa shape index (κ1) is 24.0. The van der Waals surface area contributed by atoms with Crippen LogP contribution in [0, 0.1) is 0 Å². The lowest BCUT2D eigenvalue weighted by molar-refractivity contribution is 0.482. The van der Waals surface area contributed by atoms with Crippen molar-refractivity contribution in [2.75, 3.05) is 11.4 Å². The Bertz CT molecular complexity index is 1980. The van der Waals surface area contributed by atoms with Gasteiger partial charge in [-0.3, -0.25) is 13.9 Å². The van der Waals surface area contributed by atoms with Crippen molar-refractivity contribution in [1.82, 2.24) is 18.7 Å². The zero-order valence-electron chi connectivity index (χ0n) is 22.0. The van der Waals surface area contributed by atoms with Crippen molar-refractivity contribution in [3.05, 3.63) is 123 Å². The molecule has 8 nitrogen and oxygen atoms in total. The van der Waals surface area contributed by atoms with Gasteiger partial charge in [-0.15, -0.1) is 0 Å². The average Bonchev–Trinajstić information content (AvgIpc) is 3.40. The third-order valence-corrected chi connectivity index (χ3v) is 7.55. The van der Waals surface area contributed by atoms with Crippen molar-refractivity contribution in [3.8, 4) is 11.5 Å². The van der Waals surface area contributed by atoms with Crippen molar-refractivity contribution in [2.24, 2.45) is 7.05 Å². The summed E-state index contributed by atoms with van der Waals surface area (Å²) in [7, 11) is 1.68. The van der Waals surface area contributed by atoms with E-state index in [4.69, 9.17) is 9.72 Å². The highest BCUT2D eigenvalue weighted by Crippen LogP contribution is 2.33. The molecule has 1 aliphatic rings. The maximum atomic E-state index is 13.9. The Morgan fingerprint density at radius 1 is 0.800 bits per heavy atom. The molecule has 3 heterocycles. The van der Waals surface area contributed by atoms with Gasteiger partial charge in [-0.25, -0.2) is 4.79 Å². The Labute approximate surface area is 229 Å². The zero-order valence-corrected chi connectivity index (χ0v) is 22.0. The smallest absolute Gasteiger partial charge is 0.332 e. The maximum Gasteiger partial charge on any atom is 0.332 e. The summed E-state index contributed by atoms with van der Waals surface area (Å²) in [5.41, 5.74) is 2.02. The Morgan fingerprint density at radius 3 is 2.35 bits per heavy atom. The number of hydrogen-bond donors (Lipinski definition) is 0. The van der Waals surface area contributed by atoms with Crippen molar-refractivity contribution in [3.63, 3.8) is 0 Å². The summed E-state index contributed by atoms with van der Waals surface area (Å²) >= 11 is 0. The highest BCUT2D eigenvalue weighted by Gasteiger charge is 2.27. The molecule has 8 heteroatoms. The van der Waals surface area contributed by atoms with E-state index in [0.29, 0.717) is 23.7 Å². The third kappa shape index (κ3) is 3.96. The van der Waals surface area contributed by atoms with Crippen LogP contribution in [0.3, 0.4) is 0 Å². The van der Waals surface area contributed by atoms with Crippen LogP contribution in [0.4, 0.5) is 11.6 Å². The zero-order chi connectivity index (χ0) is 27.2. The fourth-order valence-corrected chi connectivity index (χ4v) is 5.57. The normalized spacial score (nSPS) is 13.1. The topological polar surface area (TPSA) is 74.3 Å². The number of fused-ring (bicyclic) bond motifs is 4. The SMILES string of the molecule is Cn1c(=O)n(Cc2cccc3ccccc23)c(=O)c2c1nc1n2CCCN1c1ccc(Oc2ccccc2)cc1. The number of aromatic nitrogens is 4. The molecule has 198 valence electrons. The lowest BCUT2D eigenvalue weighted by Crippen LogP contribution is -2.40. The summed E-state index contributed by atoms with van der Waals surface area (Å²) in [5.74, 6) is 2.17. The molecule has 0 saturated carbocycles. The fraction of sp³-hybridized carbons (Fsp3) is 0.156. The van der Waals surface area contributed by atoms with Gasteiger partial charge in [0.05, 0.1) is 6.54 Å². The van der Waals surface area contributed by atoms with E-state index in [1.807, 2.05) is 102 Å². The molecular formula is C32H27N5O3. The Kier molecular flexibility index (Phi) is 5.73. The number of imidazole rings is 1. The van der Waals surface area contributed by atoms with Gasteiger partial charge in [0, 0.05) is 25.8 Å². The fourth-order valence-electron chi connectivity index (χ4n) is 5.57. The minimum atomic E-state index is -0.380. The van der Waals surface area contributed by atoms with Gasteiger partial charge in [0.1, 0.15) is 11.5 Å². The van der Waals surface area contributed by atoms with Crippen molar-refractivity contribution in [2.45, 2.75) is 19.5 Å². The molecule has 0 spiro atoms. The first-order valence-electron chi connectivity index (χ1n) is 13.4. The van der Waals surface area contributed by atoms with Gasteiger partial charge >= 0.3 is 5.69 Å². The van der Waals surface area contributed by atoms with Crippen LogP contribution in [-0.4, -0.2) is 25.2 Å². The van der Waals surface area contributed by atoms with E-state index in [9.17, 15) is 9.59 Å². The van der Waals surface area contributed by atoms with E-state index in [-0.39, 0.29) is 17.8 Å². The molecule has 0 unspecified atom stereocenters. The standard InChI is InChI=1S/C32H27N5O3/c1-34-29-28(30(38)37(32(34)39)21-23-11-7-10-22-9-5-6-14-27(22)23)36-20-8-19-35(31(36)33-29)24-15-17-26(18-16-24)40-25-12-3-2-4-13-25/h2-7,9-18H,8,19-21H2,1H3. The quantitative estimate of drug-likeness (QED) is 0.298. The molecule has 40 heavy (non-hydrogen) atoms. The number of anilines is 2. The minimum Gasteiger partial charge on any atom is -0.457 e. The summed E-state index contributed by atoms with van der Waals surface area (Å²) in [6, 6.07) is 31.5. The highest BCUT2D eigenvalue weighted by molar-refractivity contribution is 5.85. The van der Waals surface area contributed by atoms with Crippen LogP contribution in [0.1, 0.15) is 12.0 Å². The van der Waals surface area contributed by atoms with E-state index < -0.39 is 0 Å². The van der Waals surface area contributed by atoms with E-state index in [0.717, 1.165) is 46.5 Å². The number of para-hydroxylation sites is 1. The second-order valence-corrected chi connectivity index (χ2v) is 10.0. The van der Waals surface area contributed by atoms with Crippen LogP contribution in [0.5, 0.6) is 11.5 Å². The Balaban J connectivity index is 1.29. The van der Waals surface area contributed by atoms with Gasteiger partial charge in [0.15, 0.2) is 11.2 Å². The molecule has 0 aliphatic carbocycles. The molecule has 6 aromatic rings. The second kappa shape index (κ2) is 9.57. The third-order valence-electron chi connectivity index (χ3n) is 7.55. The van der Waals surface area contributed by atoms with Gasteiger partial charge in [0.25, 0.3) is 5.56 Å². The largest absolute Gasteiger partial charge is 0.457 e. The number of hydrogen-bond acceptors (Lipinski definition) is 5. The molecule has 0 radical (unpaired) electrons. The van der Waals surface area contributed by atoms with Crippen LogP contribution in [-0.2, 0) is 20.1 Å². The van der Waals surface area contributed by atoms with Crippen LogP contribution >= 0.6 is 0 Å². The molecule has 0 N–H and O–H groups in total. The van der Waals surface area contributed by atoms with E-state index in [1.54, 1.807) is 7.05 Å². The van der Waals surface area contributed by atoms with Crippen LogP contribution in [0.15, 0.2) is 107 Å². The predicted octanol–water partition coefficient (Wildman–Crippen LogP) is 5.43. The van der Waals surface area contributed by atoms with Crippen molar-refractivity contribution >= 4 is 33.6 Å². The molecule has 7 rings (SSSR count). The summed E-state index contributed by atoms with van der Waals surface area (Å²) < 4.78 is 10.7. The summed E-state index contributed by atoms with van der Waals surface area (Å²) in [5, 5.41) is 2.10. The van der Waals surface area contributed by atoms with Gasteiger partial charge in [-0.05, 0) is 59.2 Å². The predicted molar refractivity (Wildman–Crippen MR) is 157 cm³/mol. The maximum absolute atomic E-state index is 13.9. The number of ether oxygens (including phenoxy) is 1. The van der Waals surface area contributed by atoms with Crippen molar-refractivity contribution in [1.29, 1.82) is 0 Å². The molecule has 0 bridgehead atoms. The molecule has 1 aliphatic heterocycles. The second-order valence-electron chi connectivity index (χ2n) is 10.0. The highest BCUT2D eigenvalue weighted by atomic mass is 16.5. The molecule has 0 atom stereocenters. The Morgan fingerprint density at radius 2 is 1.52 bits per heavy atom. The summed E-state index contributed by atoms with van der Waals surface area (Å²) in [4.78, 5) is 34.3. The van der Waals surface area contributed by atoms with E-state index >= 15 is 0 Å². The van der Waals surface area contributed by atoms with E-state index in [1.165, 1.54) is 9.13 Å². The first-order valence-corrected chi connectivity index (χ1v) is 13.4. The first-order chi connectivity index (χ1) is 19.6. The number of aryl methyl sites for hydroxylation is 2. The number of rotatable bonds is 5. The molecule has 0 fully saturated rings. The summed E-state index contributed by atoms with van der Waals surface area (Å²) in [6.07, 6.45) is 0.840. The van der Waals surface area contributed by atoms with Gasteiger partial charge < -0.3 is 14.2 Å². The van der Waals surface area contributed by atoms with Crippen LogP contribution in [0.25, 0.3) is 21.9 Å². The van der Waals surface area contributed by atoms with Gasteiger partial charge in [0.2, 0.25) is 5.95 Å². The molecular weight excluding hydrogens is 502 g/mol. The Hall–Kier alpha value is -5.11. The van der Waals surface area contributed by atoms with Gasteiger partial charge in [-0.1, -0.05) is 60.7 Å². The number of nitrogens with zero attached hydrogens (tertiary/aromatic N) is 5. The lowest BCUT2D eigenvalue weighted by atomic mass is 10.0. The van der Waals surface area contributed by atoms with Gasteiger partial charge in [-0.2, -0.15) is 4.98 Å². The van der Waals surface area contributed by atoms with E-state index in [2.05, 4.69) is 4.90 Å². The summed E-state index contributed by atoms with van der Waals surface area (Å²) in [6.45, 7) is 1.59. The lowest BCUT2D eigenvalue weighted by Gasteiger charge is -2.29. The molecule has 2 aromatic heterocycles. The molecule has 0 amide bonds.